The van der Waals surface area contributed by atoms with Crippen molar-refractivity contribution in [3.8, 4) is 11.5 Å². The predicted octanol–water partition coefficient (Wildman–Crippen LogP) is 5.98. The van der Waals surface area contributed by atoms with E-state index in [1.54, 1.807) is 0 Å². The Morgan fingerprint density at radius 1 is 1.08 bits per heavy atom. The predicted molar refractivity (Wildman–Crippen MR) is 110 cm³/mol. The van der Waals surface area contributed by atoms with Gasteiger partial charge in [0.05, 0.1) is 18.0 Å². The molecule has 2 nitrogen and oxygen atoms in total. The van der Waals surface area contributed by atoms with E-state index >= 15 is 0 Å². The lowest BCUT2D eigenvalue weighted by Crippen LogP contribution is -2.40. The van der Waals surface area contributed by atoms with E-state index in [2.05, 4.69) is 71.8 Å². The molecule has 138 valence electrons. The van der Waals surface area contributed by atoms with Gasteiger partial charge in [0.15, 0.2) is 0 Å². The van der Waals surface area contributed by atoms with Crippen LogP contribution in [0.3, 0.4) is 0 Å². The highest BCUT2D eigenvalue weighted by atomic mass is 28.4. The largest absolute Gasteiger partial charge is 0.546 e. The van der Waals surface area contributed by atoms with E-state index in [-0.39, 0.29) is 12.2 Å². The van der Waals surface area contributed by atoms with Gasteiger partial charge in [0, 0.05) is 12.3 Å². The van der Waals surface area contributed by atoms with Crippen molar-refractivity contribution in [3.63, 3.8) is 0 Å². The zero-order valence-corrected chi connectivity index (χ0v) is 19.2. The summed E-state index contributed by atoms with van der Waals surface area (Å²) in [4.78, 5) is 0. The van der Waals surface area contributed by atoms with Crippen molar-refractivity contribution in [1.82, 2.24) is 0 Å². The molecule has 0 bridgehead atoms. The van der Waals surface area contributed by atoms with Crippen molar-refractivity contribution in [1.29, 1.82) is 0 Å². The van der Waals surface area contributed by atoms with Gasteiger partial charge in [-0.05, 0) is 37.6 Å². The molecule has 0 radical (unpaired) electrons. The monoisotopic (exact) mass is 366 g/mol. The molecule has 4 heteroatoms. The van der Waals surface area contributed by atoms with Crippen LogP contribution in [0.15, 0.2) is 11.8 Å². The van der Waals surface area contributed by atoms with Crippen LogP contribution in [-0.4, -0.2) is 28.6 Å². The summed E-state index contributed by atoms with van der Waals surface area (Å²) in [7, 11) is -2.88. The minimum absolute atomic E-state index is 0.142. The molecule has 3 atom stereocenters. The lowest BCUT2D eigenvalue weighted by atomic mass is 9.95. The van der Waals surface area contributed by atoms with Crippen molar-refractivity contribution in [3.05, 3.63) is 11.8 Å². The van der Waals surface area contributed by atoms with Crippen molar-refractivity contribution in [2.24, 2.45) is 5.92 Å². The first-order chi connectivity index (χ1) is 11.2. The molecule has 1 heterocycles. The second-order valence-corrected chi connectivity index (χ2v) is 17.6. The molecule has 0 saturated heterocycles. The maximum absolute atomic E-state index is 6.69. The summed E-state index contributed by atoms with van der Waals surface area (Å²) in [5, 5.41) is 0. The van der Waals surface area contributed by atoms with E-state index in [9.17, 15) is 0 Å². The molecule has 0 fully saturated rings. The molecule has 24 heavy (non-hydrogen) atoms. The average Bonchev–Trinajstić information content (AvgIpc) is 2.52. The Kier molecular flexibility index (Phi) is 8.31. The van der Waals surface area contributed by atoms with Crippen LogP contribution in [0.1, 0.15) is 47.5 Å². The lowest BCUT2D eigenvalue weighted by molar-refractivity contribution is -0.0293. The summed E-state index contributed by atoms with van der Waals surface area (Å²) >= 11 is 0. The van der Waals surface area contributed by atoms with Crippen LogP contribution in [-0.2, 0) is 9.16 Å². The second kappa shape index (κ2) is 9.26. The third kappa shape index (κ3) is 6.42. The number of ether oxygens (including phenoxy) is 1. The summed E-state index contributed by atoms with van der Waals surface area (Å²) in [6, 6.07) is 3.56. The van der Waals surface area contributed by atoms with Crippen molar-refractivity contribution < 1.29 is 9.16 Å². The Morgan fingerprint density at radius 2 is 1.67 bits per heavy atom. The minimum atomic E-state index is -1.62. The minimum Gasteiger partial charge on any atom is -0.546 e. The number of hydrogen-bond donors (Lipinski definition) is 0. The van der Waals surface area contributed by atoms with Crippen molar-refractivity contribution in [2.45, 2.75) is 97.4 Å². The molecule has 0 aromatic rings. The Morgan fingerprint density at radius 3 is 2.17 bits per heavy atom. The quantitative estimate of drug-likeness (QED) is 0.408. The van der Waals surface area contributed by atoms with Crippen LogP contribution in [0, 0.1) is 17.4 Å². The van der Waals surface area contributed by atoms with E-state index in [0.717, 1.165) is 12.8 Å². The summed E-state index contributed by atoms with van der Waals surface area (Å²) < 4.78 is 12.9. The van der Waals surface area contributed by atoms with Gasteiger partial charge in [0.2, 0.25) is 8.32 Å². The van der Waals surface area contributed by atoms with Gasteiger partial charge < -0.3 is 9.16 Å². The number of rotatable bonds is 7. The Labute approximate surface area is 152 Å². The normalized spacial score (nSPS) is 24.8. The molecule has 0 aromatic heterocycles. The van der Waals surface area contributed by atoms with Gasteiger partial charge in [0.1, 0.15) is 8.07 Å². The molecule has 1 aliphatic rings. The Hall–Kier alpha value is -0.506. The van der Waals surface area contributed by atoms with E-state index in [0.29, 0.717) is 5.92 Å². The molecule has 0 spiro atoms. The summed E-state index contributed by atoms with van der Waals surface area (Å²) in [6.07, 6.45) is 4.51. The van der Waals surface area contributed by atoms with Crippen molar-refractivity contribution >= 4 is 16.4 Å². The van der Waals surface area contributed by atoms with Crippen LogP contribution in [0.4, 0.5) is 0 Å². The molecule has 0 amide bonds. The van der Waals surface area contributed by atoms with E-state index in [1.807, 2.05) is 0 Å². The van der Waals surface area contributed by atoms with Gasteiger partial charge in [-0.1, -0.05) is 47.3 Å². The first-order valence-electron chi connectivity index (χ1n) is 9.72. The molecule has 0 unspecified atom stereocenters. The highest BCUT2D eigenvalue weighted by Crippen LogP contribution is 2.34. The zero-order valence-electron chi connectivity index (χ0n) is 17.2. The molecular weight excluding hydrogens is 328 g/mol. The van der Waals surface area contributed by atoms with E-state index in [4.69, 9.17) is 9.16 Å². The number of hydrogen-bond acceptors (Lipinski definition) is 2. The van der Waals surface area contributed by atoms with Crippen molar-refractivity contribution in [2.75, 3.05) is 0 Å². The fourth-order valence-electron chi connectivity index (χ4n) is 3.20. The SMILES string of the molecule is CC[Si](CC)(CC)OC1=C[C@@H](C)O[C@@H](CCC#C[Si](C)(C)C)[C@H]1C. The van der Waals surface area contributed by atoms with Gasteiger partial charge in [-0.2, -0.15) is 0 Å². The van der Waals surface area contributed by atoms with Gasteiger partial charge in [-0.15, -0.1) is 11.5 Å². The van der Waals surface area contributed by atoms with E-state index < -0.39 is 16.4 Å². The fraction of sp³-hybridized carbons (Fsp3) is 0.800. The lowest BCUT2D eigenvalue weighted by Gasteiger charge is -2.38. The van der Waals surface area contributed by atoms with Crippen LogP contribution in [0.5, 0.6) is 0 Å². The van der Waals surface area contributed by atoms with Gasteiger partial charge in [-0.3, -0.25) is 0 Å². The molecule has 0 aliphatic carbocycles. The Balaban J connectivity index is 2.77. The third-order valence-electron chi connectivity index (χ3n) is 5.08. The van der Waals surface area contributed by atoms with Crippen LogP contribution in [0.2, 0.25) is 37.8 Å². The van der Waals surface area contributed by atoms with E-state index in [1.165, 1.54) is 23.9 Å². The smallest absolute Gasteiger partial charge is 0.250 e. The third-order valence-corrected chi connectivity index (χ3v) is 10.5. The maximum atomic E-state index is 6.69. The zero-order chi connectivity index (χ0) is 18.4. The van der Waals surface area contributed by atoms with Gasteiger partial charge >= 0.3 is 0 Å². The summed E-state index contributed by atoms with van der Waals surface area (Å²) in [5.74, 6) is 4.91. The van der Waals surface area contributed by atoms with Crippen LogP contribution >= 0.6 is 0 Å². The maximum Gasteiger partial charge on any atom is 0.250 e. The standard InChI is InChI=1S/C20H38O2Si2/c1-9-24(10-2,11-3)22-20-16-17(4)21-19(18(20)5)14-12-13-15-23(6,7)8/h16-19H,9-12,14H2,1-8H3/t17-,18-,19+/m1/s1. The first-order valence-corrected chi connectivity index (χ1v) is 15.8. The topological polar surface area (TPSA) is 18.5 Å². The van der Waals surface area contributed by atoms with Crippen LogP contribution in [0.25, 0.3) is 0 Å². The molecule has 1 rings (SSSR count). The Bertz CT molecular complexity index is 470. The second-order valence-electron chi connectivity index (χ2n) is 8.17. The molecule has 0 aromatic carbocycles. The molecule has 0 saturated carbocycles. The average molecular weight is 367 g/mol. The van der Waals surface area contributed by atoms with Crippen LogP contribution < -0.4 is 0 Å². The summed E-state index contributed by atoms with van der Waals surface area (Å²) in [5.41, 5.74) is 3.46. The fourth-order valence-corrected chi connectivity index (χ4v) is 6.55. The molecule has 0 N–H and O–H groups in total. The van der Waals surface area contributed by atoms with Gasteiger partial charge in [0.25, 0.3) is 0 Å². The molecule has 1 aliphatic heterocycles. The summed E-state index contributed by atoms with van der Waals surface area (Å²) in [6.45, 7) is 18.1. The highest BCUT2D eigenvalue weighted by molar-refractivity contribution is 6.83. The molecular formula is C20H38O2Si2. The van der Waals surface area contributed by atoms with Gasteiger partial charge in [-0.25, -0.2) is 0 Å². The highest BCUT2D eigenvalue weighted by Gasteiger charge is 2.36. The first kappa shape index (κ1) is 21.5.